The lowest BCUT2D eigenvalue weighted by Crippen LogP contribution is -2.11. The van der Waals surface area contributed by atoms with Gasteiger partial charge in [0.1, 0.15) is 0 Å². The van der Waals surface area contributed by atoms with Crippen LogP contribution in [0.4, 0.5) is 0 Å². The van der Waals surface area contributed by atoms with Crippen molar-refractivity contribution in [3.63, 3.8) is 0 Å². The number of hydrogen-bond donors (Lipinski definition) is 0. The standard InChI is InChI=1S/C10H16O2/c1-2-12-9(11)8-7-10(8)5-3-4-6-10/h8H,2-7H2,1H3/t8-/m0/s1. The third kappa shape index (κ3) is 1.13. The topological polar surface area (TPSA) is 26.3 Å². The summed E-state index contributed by atoms with van der Waals surface area (Å²) in [5, 5.41) is 0. The Labute approximate surface area is 73.3 Å². The molecule has 0 amide bonds. The first-order valence-electron chi connectivity index (χ1n) is 4.95. The highest BCUT2D eigenvalue weighted by molar-refractivity contribution is 5.77. The van der Waals surface area contributed by atoms with Gasteiger partial charge in [-0.05, 0) is 31.6 Å². The molecule has 2 fully saturated rings. The van der Waals surface area contributed by atoms with E-state index in [1.54, 1.807) is 0 Å². The van der Waals surface area contributed by atoms with Crippen molar-refractivity contribution in [2.45, 2.75) is 39.0 Å². The van der Waals surface area contributed by atoms with Crippen LogP contribution in [0.2, 0.25) is 0 Å². The number of esters is 1. The van der Waals surface area contributed by atoms with Crippen molar-refractivity contribution in [1.29, 1.82) is 0 Å². The average Bonchev–Trinajstić information content (AvgIpc) is 2.51. The van der Waals surface area contributed by atoms with E-state index in [1.165, 1.54) is 25.7 Å². The van der Waals surface area contributed by atoms with Gasteiger partial charge in [0.05, 0.1) is 12.5 Å². The summed E-state index contributed by atoms with van der Waals surface area (Å²) in [6.07, 6.45) is 6.25. The summed E-state index contributed by atoms with van der Waals surface area (Å²) in [6.45, 7) is 2.41. The molecule has 0 aromatic heterocycles. The molecule has 0 unspecified atom stereocenters. The zero-order valence-corrected chi connectivity index (χ0v) is 7.64. The normalized spacial score (nSPS) is 30.6. The van der Waals surface area contributed by atoms with Gasteiger partial charge in [-0.3, -0.25) is 4.79 Å². The van der Waals surface area contributed by atoms with E-state index in [2.05, 4.69) is 0 Å². The van der Waals surface area contributed by atoms with E-state index in [0.717, 1.165) is 6.42 Å². The van der Waals surface area contributed by atoms with Crippen LogP contribution in [0.1, 0.15) is 39.0 Å². The van der Waals surface area contributed by atoms with Crippen molar-refractivity contribution < 1.29 is 9.53 Å². The van der Waals surface area contributed by atoms with Crippen molar-refractivity contribution in [1.82, 2.24) is 0 Å². The van der Waals surface area contributed by atoms with Crippen molar-refractivity contribution >= 4 is 5.97 Å². The van der Waals surface area contributed by atoms with Gasteiger partial charge in [0, 0.05) is 0 Å². The van der Waals surface area contributed by atoms with Crippen LogP contribution in [0, 0.1) is 11.3 Å². The summed E-state index contributed by atoms with van der Waals surface area (Å²) in [6, 6.07) is 0. The molecule has 2 heteroatoms. The minimum atomic E-state index is 0.0550. The highest BCUT2D eigenvalue weighted by atomic mass is 16.5. The molecule has 0 radical (unpaired) electrons. The van der Waals surface area contributed by atoms with Crippen molar-refractivity contribution in [2.24, 2.45) is 11.3 Å². The predicted octanol–water partition coefficient (Wildman–Crippen LogP) is 2.13. The Bertz CT molecular complexity index is 192. The molecule has 12 heavy (non-hydrogen) atoms. The molecule has 2 nitrogen and oxygen atoms in total. The Balaban J connectivity index is 1.89. The maximum Gasteiger partial charge on any atom is 0.309 e. The highest BCUT2D eigenvalue weighted by Crippen LogP contribution is 2.63. The molecule has 0 saturated heterocycles. The van der Waals surface area contributed by atoms with E-state index in [1.807, 2.05) is 6.92 Å². The molecular weight excluding hydrogens is 152 g/mol. The van der Waals surface area contributed by atoms with E-state index in [4.69, 9.17) is 4.74 Å². The fraction of sp³-hybridized carbons (Fsp3) is 0.900. The van der Waals surface area contributed by atoms with Crippen LogP contribution >= 0.6 is 0 Å². The Morgan fingerprint density at radius 2 is 2.17 bits per heavy atom. The van der Waals surface area contributed by atoms with E-state index >= 15 is 0 Å². The first kappa shape index (κ1) is 8.09. The van der Waals surface area contributed by atoms with Crippen molar-refractivity contribution in [2.75, 3.05) is 6.61 Å². The summed E-state index contributed by atoms with van der Waals surface area (Å²) in [5.74, 6) is 0.319. The number of ether oxygens (including phenoxy) is 1. The van der Waals surface area contributed by atoms with Gasteiger partial charge in [-0.2, -0.15) is 0 Å². The lowest BCUT2D eigenvalue weighted by molar-refractivity contribution is -0.145. The second-order valence-corrected chi connectivity index (χ2v) is 4.08. The molecule has 2 saturated carbocycles. The number of rotatable bonds is 2. The van der Waals surface area contributed by atoms with Crippen molar-refractivity contribution in [3.8, 4) is 0 Å². The van der Waals surface area contributed by atoms with Gasteiger partial charge in [0.25, 0.3) is 0 Å². The lowest BCUT2D eigenvalue weighted by atomic mass is 10.0. The summed E-state index contributed by atoms with van der Waals surface area (Å²) in [4.78, 5) is 11.3. The molecule has 0 aliphatic heterocycles. The first-order chi connectivity index (χ1) is 5.78. The van der Waals surface area contributed by atoms with Gasteiger partial charge in [-0.15, -0.1) is 0 Å². The van der Waals surface area contributed by atoms with E-state index in [9.17, 15) is 4.79 Å². The summed E-state index contributed by atoms with van der Waals surface area (Å²) >= 11 is 0. The second-order valence-electron chi connectivity index (χ2n) is 4.08. The van der Waals surface area contributed by atoms with Gasteiger partial charge in [-0.1, -0.05) is 12.8 Å². The van der Waals surface area contributed by atoms with Gasteiger partial charge in [-0.25, -0.2) is 0 Å². The molecule has 1 atom stereocenters. The quantitative estimate of drug-likeness (QED) is 0.590. The molecule has 2 aliphatic carbocycles. The highest BCUT2D eigenvalue weighted by Gasteiger charge is 2.59. The molecule has 1 spiro atoms. The third-order valence-electron chi connectivity index (χ3n) is 3.36. The zero-order valence-electron chi connectivity index (χ0n) is 7.64. The Kier molecular flexibility index (Phi) is 1.85. The van der Waals surface area contributed by atoms with E-state index < -0.39 is 0 Å². The molecule has 0 heterocycles. The Hall–Kier alpha value is -0.530. The molecular formula is C10H16O2. The largest absolute Gasteiger partial charge is 0.466 e. The molecule has 2 aliphatic rings. The van der Waals surface area contributed by atoms with Gasteiger partial charge < -0.3 is 4.74 Å². The van der Waals surface area contributed by atoms with Crippen LogP contribution in [0.5, 0.6) is 0 Å². The minimum absolute atomic E-state index is 0.0550. The molecule has 0 aromatic carbocycles. The smallest absolute Gasteiger partial charge is 0.309 e. The van der Waals surface area contributed by atoms with E-state index in [-0.39, 0.29) is 11.9 Å². The maximum absolute atomic E-state index is 11.3. The predicted molar refractivity (Wildman–Crippen MR) is 45.6 cm³/mol. The second kappa shape index (κ2) is 2.75. The maximum atomic E-state index is 11.3. The molecule has 0 bridgehead atoms. The Morgan fingerprint density at radius 3 is 2.75 bits per heavy atom. The monoisotopic (exact) mass is 168 g/mol. The molecule has 2 rings (SSSR count). The third-order valence-corrected chi connectivity index (χ3v) is 3.36. The van der Waals surface area contributed by atoms with E-state index in [0.29, 0.717) is 12.0 Å². The van der Waals surface area contributed by atoms with Crippen LogP contribution < -0.4 is 0 Å². The number of carbonyl (C=O) groups is 1. The van der Waals surface area contributed by atoms with Gasteiger partial charge in [0.15, 0.2) is 0 Å². The molecule has 0 aromatic rings. The lowest BCUT2D eigenvalue weighted by Gasteiger charge is -2.06. The first-order valence-corrected chi connectivity index (χ1v) is 4.95. The summed E-state index contributed by atoms with van der Waals surface area (Å²) in [7, 11) is 0. The summed E-state index contributed by atoms with van der Waals surface area (Å²) in [5.41, 5.74) is 0.409. The average molecular weight is 168 g/mol. The van der Waals surface area contributed by atoms with Crippen LogP contribution in [-0.2, 0) is 9.53 Å². The van der Waals surface area contributed by atoms with Gasteiger partial charge >= 0.3 is 5.97 Å². The molecule has 68 valence electrons. The van der Waals surface area contributed by atoms with Crippen LogP contribution in [-0.4, -0.2) is 12.6 Å². The van der Waals surface area contributed by atoms with Crippen LogP contribution in [0.15, 0.2) is 0 Å². The molecule has 0 N–H and O–H groups in total. The minimum Gasteiger partial charge on any atom is -0.466 e. The van der Waals surface area contributed by atoms with Crippen LogP contribution in [0.25, 0.3) is 0 Å². The zero-order chi connectivity index (χ0) is 8.60. The Morgan fingerprint density at radius 1 is 1.50 bits per heavy atom. The van der Waals surface area contributed by atoms with Gasteiger partial charge in [0.2, 0.25) is 0 Å². The fourth-order valence-corrected chi connectivity index (χ4v) is 2.56. The fourth-order valence-electron chi connectivity index (χ4n) is 2.56. The summed E-state index contributed by atoms with van der Waals surface area (Å²) < 4.78 is 5.01. The SMILES string of the molecule is CCOC(=O)[C@@H]1CC12CCCC2. The number of carbonyl (C=O) groups excluding carboxylic acids is 1. The number of hydrogen-bond acceptors (Lipinski definition) is 2. The van der Waals surface area contributed by atoms with Crippen LogP contribution in [0.3, 0.4) is 0 Å². The van der Waals surface area contributed by atoms with Crippen molar-refractivity contribution in [3.05, 3.63) is 0 Å².